The number of fused-ring (bicyclic) bond motifs is 1. The number of benzene rings is 1. The molecule has 1 aromatic heterocycles. The molecule has 0 saturated heterocycles. The van der Waals surface area contributed by atoms with Gasteiger partial charge in [0.25, 0.3) is 0 Å². The predicted molar refractivity (Wildman–Crippen MR) is 80.7 cm³/mol. The maximum atomic E-state index is 6.36. The molecule has 5 nitrogen and oxygen atoms in total. The molecule has 0 saturated carbocycles. The van der Waals surface area contributed by atoms with Gasteiger partial charge >= 0.3 is 0 Å². The highest BCUT2D eigenvalue weighted by Gasteiger charge is 2.16. The zero-order chi connectivity index (χ0) is 14.8. The molecule has 0 amide bonds. The standard InChI is InChI=1S/C16H21N3O2/c1-3-19-13(8-11(2)18-19)10-14(17)12-4-5-15-16(9-12)21-7-6-20-15/h4-5,8-9,14H,3,6-7,10,17H2,1-2H3. The van der Waals surface area contributed by atoms with Gasteiger partial charge in [0.05, 0.1) is 5.69 Å². The molecule has 0 fully saturated rings. The molecule has 0 spiro atoms. The van der Waals surface area contributed by atoms with Gasteiger partial charge in [-0.3, -0.25) is 4.68 Å². The van der Waals surface area contributed by atoms with Crippen LogP contribution in [-0.2, 0) is 13.0 Å². The number of ether oxygens (including phenoxy) is 2. The topological polar surface area (TPSA) is 62.3 Å². The molecule has 0 bridgehead atoms. The van der Waals surface area contributed by atoms with E-state index >= 15 is 0 Å². The number of aromatic nitrogens is 2. The minimum absolute atomic E-state index is 0.0813. The lowest BCUT2D eigenvalue weighted by Crippen LogP contribution is -2.18. The minimum Gasteiger partial charge on any atom is -0.486 e. The fraction of sp³-hybridized carbons (Fsp3) is 0.438. The van der Waals surface area contributed by atoms with Crippen LogP contribution >= 0.6 is 0 Å². The molecule has 0 radical (unpaired) electrons. The number of hydrogen-bond donors (Lipinski definition) is 1. The lowest BCUT2D eigenvalue weighted by Gasteiger charge is -2.20. The molecule has 1 atom stereocenters. The van der Waals surface area contributed by atoms with Crippen molar-refractivity contribution in [3.05, 3.63) is 41.2 Å². The first-order valence-corrected chi connectivity index (χ1v) is 7.36. The van der Waals surface area contributed by atoms with E-state index < -0.39 is 0 Å². The van der Waals surface area contributed by atoms with Gasteiger partial charge in [0.15, 0.2) is 11.5 Å². The highest BCUT2D eigenvalue weighted by molar-refractivity contribution is 5.44. The van der Waals surface area contributed by atoms with E-state index in [-0.39, 0.29) is 6.04 Å². The van der Waals surface area contributed by atoms with E-state index in [1.54, 1.807) is 0 Å². The van der Waals surface area contributed by atoms with Crippen molar-refractivity contribution in [2.45, 2.75) is 32.9 Å². The Morgan fingerprint density at radius 2 is 2.00 bits per heavy atom. The van der Waals surface area contributed by atoms with E-state index in [0.29, 0.717) is 13.2 Å². The Labute approximate surface area is 124 Å². The molecule has 3 rings (SSSR count). The molecule has 112 valence electrons. The van der Waals surface area contributed by atoms with Crippen molar-refractivity contribution in [2.75, 3.05) is 13.2 Å². The Morgan fingerprint density at radius 1 is 1.24 bits per heavy atom. The van der Waals surface area contributed by atoms with E-state index in [0.717, 1.165) is 41.4 Å². The summed E-state index contributed by atoms with van der Waals surface area (Å²) in [7, 11) is 0. The molecule has 1 unspecified atom stereocenters. The molecule has 2 heterocycles. The van der Waals surface area contributed by atoms with Gasteiger partial charge < -0.3 is 15.2 Å². The fourth-order valence-electron chi connectivity index (χ4n) is 2.67. The van der Waals surface area contributed by atoms with E-state index in [2.05, 4.69) is 18.1 Å². The van der Waals surface area contributed by atoms with Crippen molar-refractivity contribution in [1.29, 1.82) is 0 Å². The van der Waals surface area contributed by atoms with Crippen LogP contribution < -0.4 is 15.2 Å². The van der Waals surface area contributed by atoms with Crippen molar-refractivity contribution in [1.82, 2.24) is 9.78 Å². The van der Waals surface area contributed by atoms with Gasteiger partial charge in [-0.2, -0.15) is 5.10 Å². The van der Waals surface area contributed by atoms with Crippen LogP contribution in [0.5, 0.6) is 11.5 Å². The Bertz CT molecular complexity index is 636. The maximum absolute atomic E-state index is 6.36. The largest absolute Gasteiger partial charge is 0.486 e. The van der Waals surface area contributed by atoms with Gasteiger partial charge in [0.1, 0.15) is 13.2 Å². The summed E-state index contributed by atoms with van der Waals surface area (Å²) in [6.07, 6.45) is 0.758. The van der Waals surface area contributed by atoms with Crippen LogP contribution in [0.25, 0.3) is 0 Å². The summed E-state index contributed by atoms with van der Waals surface area (Å²) in [5, 5.41) is 4.46. The second-order valence-corrected chi connectivity index (χ2v) is 5.31. The van der Waals surface area contributed by atoms with Crippen LogP contribution in [0.3, 0.4) is 0 Å². The second kappa shape index (κ2) is 5.77. The molecule has 1 aromatic carbocycles. The van der Waals surface area contributed by atoms with E-state index in [1.807, 2.05) is 29.8 Å². The summed E-state index contributed by atoms with van der Waals surface area (Å²) in [5.74, 6) is 1.58. The number of rotatable bonds is 4. The van der Waals surface area contributed by atoms with Crippen LogP contribution in [0, 0.1) is 6.92 Å². The normalized spacial score (nSPS) is 15.0. The molecular formula is C16H21N3O2. The van der Waals surface area contributed by atoms with Crippen molar-refractivity contribution in [3.63, 3.8) is 0 Å². The van der Waals surface area contributed by atoms with Crippen molar-refractivity contribution in [2.24, 2.45) is 5.73 Å². The molecule has 2 N–H and O–H groups in total. The summed E-state index contributed by atoms with van der Waals surface area (Å²) < 4.78 is 13.2. The maximum Gasteiger partial charge on any atom is 0.161 e. The first-order valence-electron chi connectivity index (χ1n) is 7.36. The fourth-order valence-corrected chi connectivity index (χ4v) is 2.67. The van der Waals surface area contributed by atoms with E-state index in [4.69, 9.17) is 15.2 Å². The third kappa shape index (κ3) is 2.88. The van der Waals surface area contributed by atoms with Crippen LogP contribution in [0.2, 0.25) is 0 Å². The minimum atomic E-state index is -0.0813. The highest BCUT2D eigenvalue weighted by Crippen LogP contribution is 2.32. The summed E-state index contributed by atoms with van der Waals surface area (Å²) in [6, 6.07) is 7.95. The van der Waals surface area contributed by atoms with Crippen molar-refractivity contribution >= 4 is 0 Å². The van der Waals surface area contributed by atoms with Crippen LogP contribution in [0.15, 0.2) is 24.3 Å². The highest BCUT2D eigenvalue weighted by atomic mass is 16.6. The number of nitrogens with two attached hydrogens (primary N) is 1. The quantitative estimate of drug-likeness (QED) is 0.936. The molecule has 5 heteroatoms. The molecule has 1 aliphatic rings. The Balaban J connectivity index is 1.80. The van der Waals surface area contributed by atoms with Gasteiger partial charge in [-0.1, -0.05) is 6.07 Å². The Morgan fingerprint density at radius 3 is 2.76 bits per heavy atom. The van der Waals surface area contributed by atoms with Crippen molar-refractivity contribution in [3.8, 4) is 11.5 Å². The first kappa shape index (κ1) is 13.9. The third-order valence-electron chi connectivity index (χ3n) is 3.71. The van der Waals surface area contributed by atoms with Gasteiger partial charge in [-0.25, -0.2) is 0 Å². The molecular weight excluding hydrogens is 266 g/mol. The zero-order valence-electron chi connectivity index (χ0n) is 12.5. The van der Waals surface area contributed by atoms with Gasteiger partial charge in [-0.05, 0) is 37.6 Å². The second-order valence-electron chi connectivity index (χ2n) is 5.31. The lowest BCUT2D eigenvalue weighted by molar-refractivity contribution is 0.171. The summed E-state index contributed by atoms with van der Waals surface area (Å²) in [6.45, 7) is 6.15. The number of nitrogens with zero attached hydrogens (tertiary/aromatic N) is 2. The van der Waals surface area contributed by atoms with Gasteiger partial charge in [-0.15, -0.1) is 0 Å². The first-order chi connectivity index (χ1) is 10.2. The van der Waals surface area contributed by atoms with Crippen LogP contribution in [-0.4, -0.2) is 23.0 Å². The lowest BCUT2D eigenvalue weighted by atomic mass is 10.0. The average Bonchev–Trinajstić information content (AvgIpc) is 2.86. The molecule has 0 aliphatic carbocycles. The summed E-state index contributed by atoms with van der Waals surface area (Å²) in [4.78, 5) is 0. The molecule has 1 aliphatic heterocycles. The van der Waals surface area contributed by atoms with E-state index in [1.165, 1.54) is 0 Å². The van der Waals surface area contributed by atoms with Gasteiger partial charge in [0.2, 0.25) is 0 Å². The van der Waals surface area contributed by atoms with Crippen LogP contribution in [0.1, 0.15) is 29.9 Å². The number of aryl methyl sites for hydroxylation is 2. The van der Waals surface area contributed by atoms with Crippen molar-refractivity contribution < 1.29 is 9.47 Å². The zero-order valence-corrected chi connectivity index (χ0v) is 12.5. The van der Waals surface area contributed by atoms with E-state index in [9.17, 15) is 0 Å². The Kier molecular flexibility index (Phi) is 3.84. The molecule has 21 heavy (non-hydrogen) atoms. The smallest absolute Gasteiger partial charge is 0.161 e. The summed E-state index contributed by atoms with van der Waals surface area (Å²) in [5.41, 5.74) is 9.60. The predicted octanol–water partition coefficient (Wildman–Crippen LogP) is 2.23. The molecule has 2 aromatic rings. The monoisotopic (exact) mass is 287 g/mol. The average molecular weight is 287 g/mol. The SMILES string of the molecule is CCn1nc(C)cc1CC(N)c1ccc2c(c1)OCCO2. The van der Waals surface area contributed by atoms with Gasteiger partial charge in [0, 0.05) is 24.7 Å². The Hall–Kier alpha value is -2.01. The summed E-state index contributed by atoms with van der Waals surface area (Å²) >= 11 is 0. The third-order valence-corrected chi connectivity index (χ3v) is 3.71. The number of hydrogen-bond acceptors (Lipinski definition) is 4. The van der Waals surface area contributed by atoms with Crippen LogP contribution in [0.4, 0.5) is 0 Å².